The number of amides is 1. The summed E-state index contributed by atoms with van der Waals surface area (Å²) in [6, 6.07) is 9.51. The molecule has 1 amide bonds. The van der Waals surface area contributed by atoms with Gasteiger partial charge in [0.2, 0.25) is 5.91 Å². The van der Waals surface area contributed by atoms with Gasteiger partial charge in [-0.25, -0.2) is 0 Å². The maximum absolute atomic E-state index is 11.5. The number of benzene rings is 1. The number of allylic oxidation sites excluding steroid dienone is 1. The van der Waals surface area contributed by atoms with Crippen molar-refractivity contribution in [2.45, 2.75) is 13.3 Å². The maximum Gasteiger partial charge on any atom is 0.223 e. The van der Waals surface area contributed by atoms with Gasteiger partial charge in [-0.1, -0.05) is 30.3 Å². The average molecular weight is 215 g/mol. The van der Waals surface area contributed by atoms with Gasteiger partial charge in [0.25, 0.3) is 0 Å². The maximum atomic E-state index is 11.5. The van der Waals surface area contributed by atoms with Crippen molar-refractivity contribution >= 4 is 17.4 Å². The smallest absolute Gasteiger partial charge is 0.223 e. The van der Waals surface area contributed by atoms with Gasteiger partial charge in [0.1, 0.15) is 0 Å². The molecule has 0 fully saturated rings. The molecule has 0 saturated carbocycles. The molecule has 16 heavy (non-hydrogen) atoms. The normalized spacial score (nSPS) is 15.9. The lowest BCUT2D eigenvalue weighted by atomic mass is 10.0. The topological polar surface area (TPSA) is 37.4 Å². The molecule has 0 aliphatic carbocycles. The number of hydrogen-bond donors (Lipinski definition) is 0. The lowest BCUT2D eigenvalue weighted by Crippen LogP contribution is -2.32. The lowest BCUT2D eigenvalue weighted by Gasteiger charge is -2.27. The molecule has 1 aliphatic heterocycles. The molecule has 1 aromatic carbocycles. The molecule has 3 heteroatoms. The van der Waals surface area contributed by atoms with Crippen molar-refractivity contribution in [3.8, 4) is 0 Å². The second kappa shape index (κ2) is 4.31. The Balaban J connectivity index is 2.42. The lowest BCUT2D eigenvalue weighted by molar-refractivity contribution is -0.126. The van der Waals surface area contributed by atoms with Crippen LogP contribution < -0.4 is 0 Å². The minimum absolute atomic E-state index is 0.0254. The minimum Gasteiger partial charge on any atom is -0.311 e. The van der Waals surface area contributed by atoms with Gasteiger partial charge in [0.15, 0.2) is 5.78 Å². The van der Waals surface area contributed by atoms with Crippen LogP contribution in [-0.2, 0) is 9.59 Å². The molecule has 3 nitrogen and oxygen atoms in total. The molecule has 0 spiro atoms. The first-order chi connectivity index (χ1) is 7.68. The van der Waals surface area contributed by atoms with Gasteiger partial charge < -0.3 is 4.90 Å². The molecule has 2 rings (SSSR count). The van der Waals surface area contributed by atoms with E-state index in [0.717, 1.165) is 5.56 Å². The molecule has 0 bridgehead atoms. The number of ketones is 1. The standard InChI is InChI=1S/C13H13NO2/c1-10(15)14-8-7-12(16)9-13(14)11-5-3-2-4-6-11/h2-6,9H,7-8H2,1H3. The number of carbonyl (C=O) groups excluding carboxylic acids is 2. The zero-order valence-electron chi connectivity index (χ0n) is 9.14. The van der Waals surface area contributed by atoms with Gasteiger partial charge in [0, 0.05) is 26.0 Å². The molecule has 0 saturated heterocycles. The molecular weight excluding hydrogens is 202 g/mol. The third kappa shape index (κ3) is 2.03. The van der Waals surface area contributed by atoms with Crippen LogP contribution in [0.5, 0.6) is 0 Å². The van der Waals surface area contributed by atoms with Crippen molar-refractivity contribution in [3.05, 3.63) is 42.0 Å². The fraction of sp³-hybridized carbons (Fsp3) is 0.231. The summed E-state index contributed by atoms with van der Waals surface area (Å²) >= 11 is 0. The summed E-state index contributed by atoms with van der Waals surface area (Å²) in [5.41, 5.74) is 1.62. The molecule has 0 aromatic heterocycles. The van der Waals surface area contributed by atoms with E-state index in [-0.39, 0.29) is 11.7 Å². The van der Waals surface area contributed by atoms with E-state index in [1.54, 1.807) is 11.0 Å². The van der Waals surface area contributed by atoms with E-state index in [9.17, 15) is 9.59 Å². The molecular formula is C13H13NO2. The number of rotatable bonds is 1. The van der Waals surface area contributed by atoms with Crippen LogP contribution in [0.1, 0.15) is 18.9 Å². The molecule has 1 aromatic rings. The third-order valence-electron chi connectivity index (χ3n) is 2.62. The Morgan fingerprint density at radius 1 is 1.25 bits per heavy atom. The van der Waals surface area contributed by atoms with Crippen LogP contribution in [0.2, 0.25) is 0 Å². The summed E-state index contributed by atoms with van der Waals surface area (Å²) < 4.78 is 0. The molecule has 1 aliphatic rings. The van der Waals surface area contributed by atoms with Crippen molar-refractivity contribution < 1.29 is 9.59 Å². The van der Waals surface area contributed by atoms with E-state index in [2.05, 4.69) is 0 Å². The fourth-order valence-corrected chi connectivity index (χ4v) is 1.82. The Hall–Kier alpha value is -1.90. The van der Waals surface area contributed by atoms with Crippen LogP contribution in [0, 0.1) is 0 Å². The van der Waals surface area contributed by atoms with E-state index < -0.39 is 0 Å². The molecule has 82 valence electrons. The SMILES string of the molecule is CC(=O)N1CCC(=O)C=C1c1ccccc1. The van der Waals surface area contributed by atoms with Crippen LogP contribution in [-0.4, -0.2) is 23.1 Å². The van der Waals surface area contributed by atoms with Crippen LogP contribution in [0.3, 0.4) is 0 Å². The molecule has 0 atom stereocenters. The number of hydrogen-bond acceptors (Lipinski definition) is 2. The van der Waals surface area contributed by atoms with Crippen LogP contribution >= 0.6 is 0 Å². The first kappa shape index (κ1) is 10.6. The van der Waals surface area contributed by atoms with Gasteiger partial charge in [-0.2, -0.15) is 0 Å². The van der Waals surface area contributed by atoms with E-state index in [1.165, 1.54) is 6.92 Å². The van der Waals surface area contributed by atoms with Crippen molar-refractivity contribution in [3.63, 3.8) is 0 Å². The van der Waals surface area contributed by atoms with Gasteiger partial charge in [-0.3, -0.25) is 9.59 Å². The molecule has 0 unspecified atom stereocenters. The Labute approximate surface area is 94.4 Å². The Kier molecular flexibility index (Phi) is 2.86. The summed E-state index contributed by atoms with van der Waals surface area (Å²) in [5, 5.41) is 0. The largest absolute Gasteiger partial charge is 0.311 e. The van der Waals surface area contributed by atoms with E-state index in [4.69, 9.17) is 0 Å². The molecule has 0 radical (unpaired) electrons. The van der Waals surface area contributed by atoms with E-state index in [0.29, 0.717) is 18.7 Å². The minimum atomic E-state index is -0.0254. The van der Waals surface area contributed by atoms with Gasteiger partial charge in [-0.15, -0.1) is 0 Å². The first-order valence-electron chi connectivity index (χ1n) is 5.26. The predicted molar refractivity (Wildman–Crippen MR) is 61.4 cm³/mol. The highest BCUT2D eigenvalue weighted by Gasteiger charge is 2.21. The molecule has 1 heterocycles. The number of nitrogens with zero attached hydrogens (tertiary/aromatic N) is 1. The van der Waals surface area contributed by atoms with E-state index in [1.807, 2.05) is 30.3 Å². The average Bonchev–Trinajstić information content (AvgIpc) is 2.29. The summed E-state index contributed by atoms with van der Waals surface area (Å²) in [7, 11) is 0. The quantitative estimate of drug-likeness (QED) is 0.717. The summed E-state index contributed by atoms with van der Waals surface area (Å²) in [6.45, 7) is 2.00. The molecule has 0 N–H and O–H groups in total. The second-order valence-electron chi connectivity index (χ2n) is 3.78. The van der Waals surface area contributed by atoms with Gasteiger partial charge in [-0.05, 0) is 5.56 Å². The highest BCUT2D eigenvalue weighted by Crippen LogP contribution is 2.23. The zero-order chi connectivity index (χ0) is 11.5. The summed E-state index contributed by atoms with van der Waals surface area (Å²) in [4.78, 5) is 24.5. The first-order valence-corrected chi connectivity index (χ1v) is 5.26. The van der Waals surface area contributed by atoms with Gasteiger partial charge in [0.05, 0.1) is 5.70 Å². The Morgan fingerprint density at radius 3 is 2.56 bits per heavy atom. The second-order valence-corrected chi connectivity index (χ2v) is 3.78. The van der Waals surface area contributed by atoms with E-state index >= 15 is 0 Å². The van der Waals surface area contributed by atoms with Crippen molar-refractivity contribution in [2.75, 3.05) is 6.54 Å². The van der Waals surface area contributed by atoms with Crippen LogP contribution in [0.4, 0.5) is 0 Å². The van der Waals surface area contributed by atoms with Crippen molar-refractivity contribution in [2.24, 2.45) is 0 Å². The monoisotopic (exact) mass is 215 g/mol. The van der Waals surface area contributed by atoms with Crippen LogP contribution in [0.15, 0.2) is 36.4 Å². The zero-order valence-corrected chi connectivity index (χ0v) is 9.14. The van der Waals surface area contributed by atoms with Gasteiger partial charge >= 0.3 is 0 Å². The fourth-order valence-electron chi connectivity index (χ4n) is 1.82. The third-order valence-corrected chi connectivity index (χ3v) is 2.62. The highest BCUT2D eigenvalue weighted by atomic mass is 16.2. The Morgan fingerprint density at radius 2 is 1.94 bits per heavy atom. The summed E-state index contributed by atoms with van der Waals surface area (Å²) in [5.74, 6) is 0.0546. The van der Waals surface area contributed by atoms with Crippen molar-refractivity contribution in [1.29, 1.82) is 0 Å². The Bertz CT molecular complexity index is 448. The highest BCUT2D eigenvalue weighted by molar-refractivity contribution is 6.01. The number of carbonyl (C=O) groups is 2. The predicted octanol–water partition coefficient (Wildman–Crippen LogP) is 1.85. The van der Waals surface area contributed by atoms with Crippen molar-refractivity contribution in [1.82, 2.24) is 4.90 Å². The summed E-state index contributed by atoms with van der Waals surface area (Å²) in [6.07, 6.45) is 1.97. The van der Waals surface area contributed by atoms with Crippen LogP contribution in [0.25, 0.3) is 5.70 Å².